The maximum absolute atomic E-state index is 10.9. The van der Waals surface area contributed by atoms with Gasteiger partial charge in [0.1, 0.15) is 6.04 Å². The highest BCUT2D eigenvalue weighted by Gasteiger charge is 2.13. The topological polar surface area (TPSA) is 52.3 Å². The second-order valence-corrected chi connectivity index (χ2v) is 2.52. The van der Waals surface area contributed by atoms with Crippen molar-refractivity contribution in [3.63, 3.8) is 0 Å². The van der Waals surface area contributed by atoms with Gasteiger partial charge >= 0.3 is 5.97 Å². The predicted molar refractivity (Wildman–Crippen MR) is 44.0 cm³/mol. The molecule has 1 atom stereocenters. The first-order valence-corrected chi connectivity index (χ1v) is 3.64. The standard InChI is InChI=1S/C8H15NO2/c1-4-11-8(10)7(9)5-6(2)3/h7H,2,4-5,9H2,1,3H3/t7-/m1/s1. The van der Waals surface area contributed by atoms with Crippen molar-refractivity contribution in [1.29, 1.82) is 0 Å². The first kappa shape index (κ1) is 10.2. The summed E-state index contributed by atoms with van der Waals surface area (Å²) in [6.45, 7) is 7.62. The highest BCUT2D eigenvalue weighted by molar-refractivity contribution is 5.75. The maximum Gasteiger partial charge on any atom is 0.323 e. The summed E-state index contributed by atoms with van der Waals surface area (Å²) in [6, 6.07) is -0.549. The third-order valence-corrected chi connectivity index (χ3v) is 1.16. The van der Waals surface area contributed by atoms with E-state index in [1.807, 2.05) is 6.92 Å². The molecule has 3 heteroatoms. The monoisotopic (exact) mass is 157 g/mol. The molecule has 0 aliphatic carbocycles. The Morgan fingerprint density at radius 3 is 2.64 bits per heavy atom. The lowest BCUT2D eigenvalue weighted by Crippen LogP contribution is -2.32. The summed E-state index contributed by atoms with van der Waals surface area (Å²) in [5.74, 6) is -0.351. The molecule has 0 bridgehead atoms. The van der Waals surface area contributed by atoms with Crippen molar-refractivity contribution in [2.45, 2.75) is 26.3 Å². The summed E-state index contributed by atoms with van der Waals surface area (Å²) in [5, 5.41) is 0. The molecule has 0 aliphatic heterocycles. The summed E-state index contributed by atoms with van der Waals surface area (Å²) in [7, 11) is 0. The van der Waals surface area contributed by atoms with Gasteiger partial charge in [0, 0.05) is 0 Å². The van der Waals surface area contributed by atoms with Crippen LogP contribution in [0.3, 0.4) is 0 Å². The van der Waals surface area contributed by atoms with Crippen LogP contribution < -0.4 is 5.73 Å². The van der Waals surface area contributed by atoms with Crippen molar-refractivity contribution in [2.24, 2.45) is 5.73 Å². The molecule has 0 radical (unpaired) electrons. The Labute approximate surface area is 67.2 Å². The van der Waals surface area contributed by atoms with Gasteiger partial charge in [-0.1, -0.05) is 5.57 Å². The van der Waals surface area contributed by atoms with E-state index < -0.39 is 6.04 Å². The fourth-order valence-electron chi connectivity index (χ4n) is 0.708. The van der Waals surface area contributed by atoms with Crippen LogP contribution in [0.2, 0.25) is 0 Å². The molecular weight excluding hydrogens is 142 g/mol. The van der Waals surface area contributed by atoms with Crippen LogP contribution in [0.1, 0.15) is 20.3 Å². The number of nitrogens with two attached hydrogens (primary N) is 1. The molecule has 0 aliphatic rings. The van der Waals surface area contributed by atoms with E-state index in [-0.39, 0.29) is 5.97 Å². The van der Waals surface area contributed by atoms with Crippen molar-refractivity contribution in [3.05, 3.63) is 12.2 Å². The van der Waals surface area contributed by atoms with Gasteiger partial charge in [0.15, 0.2) is 0 Å². The van der Waals surface area contributed by atoms with Crippen LogP contribution in [0, 0.1) is 0 Å². The number of hydrogen-bond donors (Lipinski definition) is 1. The van der Waals surface area contributed by atoms with Gasteiger partial charge in [0.2, 0.25) is 0 Å². The molecule has 0 saturated heterocycles. The van der Waals surface area contributed by atoms with Crippen molar-refractivity contribution in [2.75, 3.05) is 6.61 Å². The summed E-state index contributed by atoms with van der Waals surface area (Å²) < 4.78 is 4.70. The zero-order valence-corrected chi connectivity index (χ0v) is 7.09. The molecule has 3 nitrogen and oxygen atoms in total. The molecule has 0 saturated carbocycles. The molecule has 2 N–H and O–H groups in total. The number of carbonyl (C=O) groups is 1. The van der Waals surface area contributed by atoms with Crippen LogP contribution in [0.5, 0.6) is 0 Å². The second-order valence-electron chi connectivity index (χ2n) is 2.52. The Balaban J connectivity index is 3.73. The number of rotatable bonds is 4. The Morgan fingerprint density at radius 2 is 2.27 bits per heavy atom. The number of ether oxygens (including phenoxy) is 1. The third-order valence-electron chi connectivity index (χ3n) is 1.16. The summed E-state index contributed by atoms with van der Waals surface area (Å²) in [5.41, 5.74) is 6.36. The van der Waals surface area contributed by atoms with Crippen molar-refractivity contribution >= 4 is 5.97 Å². The van der Waals surface area contributed by atoms with Gasteiger partial charge in [0.25, 0.3) is 0 Å². The van der Waals surface area contributed by atoms with E-state index in [1.165, 1.54) is 0 Å². The summed E-state index contributed by atoms with van der Waals surface area (Å²) >= 11 is 0. The van der Waals surface area contributed by atoms with Crippen LogP contribution in [0.15, 0.2) is 12.2 Å². The molecule has 0 rings (SSSR count). The lowest BCUT2D eigenvalue weighted by atomic mass is 10.1. The van der Waals surface area contributed by atoms with Crippen molar-refractivity contribution in [1.82, 2.24) is 0 Å². The largest absolute Gasteiger partial charge is 0.465 e. The number of carbonyl (C=O) groups excluding carboxylic acids is 1. The minimum atomic E-state index is -0.549. The van der Waals surface area contributed by atoms with Gasteiger partial charge in [-0.05, 0) is 20.3 Å². The molecule has 0 aromatic rings. The lowest BCUT2D eigenvalue weighted by Gasteiger charge is -2.09. The van der Waals surface area contributed by atoms with Gasteiger partial charge in [0.05, 0.1) is 6.61 Å². The Hall–Kier alpha value is -0.830. The third kappa shape index (κ3) is 4.56. The molecule has 0 heterocycles. The highest BCUT2D eigenvalue weighted by atomic mass is 16.5. The SMILES string of the molecule is C=C(C)C[C@@H](N)C(=O)OCC. The molecule has 11 heavy (non-hydrogen) atoms. The molecule has 0 aromatic heterocycles. The van der Waals surface area contributed by atoms with Crippen LogP contribution in [0.4, 0.5) is 0 Å². The second kappa shape index (κ2) is 4.91. The fourth-order valence-corrected chi connectivity index (χ4v) is 0.708. The van der Waals surface area contributed by atoms with Crippen LogP contribution in [0.25, 0.3) is 0 Å². The zero-order chi connectivity index (χ0) is 8.85. The molecule has 0 amide bonds. The molecule has 0 spiro atoms. The highest BCUT2D eigenvalue weighted by Crippen LogP contribution is 2.00. The van der Waals surface area contributed by atoms with Gasteiger partial charge in [-0.3, -0.25) is 4.79 Å². The van der Waals surface area contributed by atoms with E-state index in [0.29, 0.717) is 13.0 Å². The van der Waals surface area contributed by atoms with E-state index in [2.05, 4.69) is 6.58 Å². The minimum Gasteiger partial charge on any atom is -0.465 e. The van der Waals surface area contributed by atoms with Crippen LogP contribution in [-0.4, -0.2) is 18.6 Å². The van der Waals surface area contributed by atoms with E-state index >= 15 is 0 Å². The fraction of sp³-hybridized carbons (Fsp3) is 0.625. The van der Waals surface area contributed by atoms with Crippen LogP contribution >= 0.6 is 0 Å². The molecule has 0 aromatic carbocycles. The Kier molecular flexibility index (Phi) is 4.54. The average molecular weight is 157 g/mol. The van der Waals surface area contributed by atoms with Gasteiger partial charge in [-0.15, -0.1) is 6.58 Å². The van der Waals surface area contributed by atoms with Gasteiger partial charge < -0.3 is 10.5 Å². The Morgan fingerprint density at radius 1 is 1.73 bits per heavy atom. The Bertz CT molecular complexity index is 154. The van der Waals surface area contributed by atoms with Crippen LogP contribution in [-0.2, 0) is 9.53 Å². The summed E-state index contributed by atoms with van der Waals surface area (Å²) in [4.78, 5) is 10.9. The predicted octanol–water partition coefficient (Wildman–Crippen LogP) is 0.843. The van der Waals surface area contributed by atoms with Crippen molar-refractivity contribution < 1.29 is 9.53 Å². The number of hydrogen-bond acceptors (Lipinski definition) is 3. The maximum atomic E-state index is 10.9. The molecule has 0 fully saturated rings. The first-order chi connectivity index (χ1) is 5.07. The lowest BCUT2D eigenvalue weighted by molar-refractivity contribution is -0.144. The smallest absolute Gasteiger partial charge is 0.323 e. The van der Waals surface area contributed by atoms with Gasteiger partial charge in [-0.25, -0.2) is 0 Å². The van der Waals surface area contributed by atoms with Crippen molar-refractivity contribution in [3.8, 4) is 0 Å². The zero-order valence-electron chi connectivity index (χ0n) is 7.09. The normalized spacial score (nSPS) is 12.3. The van der Waals surface area contributed by atoms with E-state index in [1.54, 1.807) is 6.92 Å². The molecule has 0 unspecified atom stereocenters. The quantitative estimate of drug-likeness (QED) is 0.486. The van der Waals surface area contributed by atoms with Gasteiger partial charge in [-0.2, -0.15) is 0 Å². The van der Waals surface area contributed by atoms with E-state index in [0.717, 1.165) is 5.57 Å². The minimum absolute atomic E-state index is 0.351. The molecular formula is C8H15NO2. The molecule has 64 valence electrons. The number of esters is 1. The van der Waals surface area contributed by atoms with E-state index in [9.17, 15) is 4.79 Å². The summed E-state index contributed by atoms with van der Waals surface area (Å²) in [6.07, 6.45) is 0.499. The van der Waals surface area contributed by atoms with E-state index in [4.69, 9.17) is 10.5 Å². The average Bonchev–Trinajstić information content (AvgIpc) is 1.86. The first-order valence-electron chi connectivity index (χ1n) is 3.64.